The van der Waals surface area contributed by atoms with Crippen molar-refractivity contribution in [1.29, 1.82) is 0 Å². The Bertz CT molecular complexity index is 837. The third-order valence-corrected chi connectivity index (χ3v) is 6.19. The number of hydrogen-bond donors (Lipinski definition) is 0. The lowest BCUT2D eigenvalue weighted by Crippen LogP contribution is -2.04. The van der Waals surface area contributed by atoms with Crippen LogP contribution in [0.3, 0.4) is 0 Å². The van der Waals surface area contributed by atoms with Gasteiger partial charge in [0.05, 0.1) is 4.90 Å². The van der Waals surface area contributed by atoms with Gasteiger partial charge >= 0.3 is 0 Å². The fourth-order valence-electron chi connectivity index (χ4n) is 2.67. The Morgan fingerprint density at radius 1 is 1.12 bits per heavy atom. The molecule has 5 nitrogen and oxygen atoms in total. The first-order valence-corrected chi connectivity index (χ1v) is 10.7. The molecule has 0 N–H and O–H groups in total. The standard InChI is InChI=1S/C17H25N3O2S2/c1-6-13(7-2)16-12-19(3)18-17(23-20(16)4)14-8-10-15(11-9-14)24(5,21)22/h8-13H,6-7H2,1-5H3. The molecule has 1 aromatic heterocycles. The molecule has 0 atom stereocenters. The van der Waals surface area contributed by atoms with E-state index in [-0.39, 0.29) is 0 Å². The molecule has 7 heteroatoms. The number of sulfone groups is 1. The summed E-state index contributed by atoms with van der Waals surface area (Å²) in [7, 11) is 0.790. The van der Waals surface area contributed by atoms with Gasteiger partial charge in [0.25, 0.3) is 0 Å². The van der Waals surface area contributed by atoms with Crippen LogP contribution in [0.2, 0.25) is 0 Å². The van der Waals surface area contributed by atoms with Gasteiger partial charge in [-0.2, -0.15) is 5.10 Å². The average molecular weight is 368 g/mol. The number of hydrogen-bond acceptors (Lipinski definition) is 4. The summed E-state index contributed by atoms with van der Waals surface area (Å²) in [6.45, 7) is 4.40. The molecule has 1 aromatic carbocycles. The van der Waals surface area contributed by atoms with Gasteiger partial charge in [-0.25, -0.2) is 8.42 Å². The molecule has 0 spiro atoms. The van der Waals surface area contributed by atoms with Crippen molar-refractivity contribution < 1.29 is 8.42 Å². The highest BCUT2D eigenvalue weighted by Crippen LogP contribution is 2.26. The molecule has 24 heavy (non-hydrogen) atoms. The quantitative estimate of drug-likeness (QED) is 0.805. The zero-order chi connectivity index (χ0) is 17.9. The van der Waals surface area contributed by atoms with Crippen LogP contribution in [0.25, 0.3) is 10.6 Å². The van der Waals surface area contributed by atoms with Crippen LogP contribution in [0.1, 0.15) is 38.3 Å². The molecule has 0 amide bonds. The van der Waals surface area contributed by atoms with E-state index in [1.807, 2.05) is 30.9 Å². The molecule has 0 fully saturated rings. The maximum atomic E-state index is 11.6. The predicted molar refractivity (Wildman–Crippen MR) is 99.6 cm³/mol. The fraction of sp³-hybridized carbons (Fsp3) is 0.471. The smallest absolute Gasteiger partial charge is 0.175 e. The van der Waals surface area contributed by atoms with Gasteiger partial charge < -0.3 is 3.96 Å². The topological polar surface area (TPSA) is 56.9 Å². The Hall–Kier alpha value is -1.60. The Morgan fingerprint density at radius 2 is 1.71 bits per heavy atom. The van der Waals surface area contributed by atoms with E-state index in [1.165, 1.54) is 11.9 Å². The SMILES string of the molecule is CCC(CC)c1cn(C)nc(-c2ccc(S(C)(=O)=O)cc2)sn1C. The van der Waals surface area contributed by atoms with Crippen molar-refractivity contribution in [1.82, 2.24) is 13.7 Å². The maximum absolute atomic E-state index is 11.6. The van der Waals surface area contributed by atoms with E-state index in [1.54, 1.807) is 23.7 Å². The summed E-state index contributed by atoms with van der Waals surface area (Å²) in [6, 6.07) is 6.89. The van der Waals surface area contributed by atoms with E-state index in [0.717, 1.165) is 23.4 Å². The Balaban J connectivity index is 2.54. The van der Waals surface area contributed by atoms with Crippen molar-refractivity contribution in [2.24, 2.45) is 14.1 Å². The van der Waals surface area contributed by atoms with Gasteiger partial charge in [-0.15, -0.1) is 0 Å². The lowest BCUT2D eigenvalue weighted by molar-refractivity contribution is 0.593. The monoisotopic (exact) mass is 367 g/mol. The molecular formula is C17H25N3O2S2. The highest BCUT2D eigenvalue weighted by molar-refractivity contribution is 7.90. The molecule has 132 valence electrons. The zero-order valence-electron chi connectivity index (χ0n) is 14.9. The van der Waals surface area contributed by atoms with Crippen LogP contribution >= 0.6 is 11.5 Å². The third-order valence-electron chi connectivity index (χ3n) is 4.09. The first-order chi connectivity index (χ1) is 11.3. The third kappa shape index (κ3) is 4.27. The molecule has 2 rings (SSSR count). The van der Waals surface area contributed by atoms with Crippen LogP contribution in [-0.2, 0) is 23.9 Å². The number of aryl methyl sites for hydroxylation is 2. The van der Waals surface area contributed by atoms with Gasteiger partial charge in [0.1, 0.15) is 0 Å². The molecule has 0 saturated carbocycles. The van der Waals surface area contributed by atoms with E-state index in [9.17, 15) is 8.42 Å². The van der Waals surface area contributed by atoms with Gasteiger partial charge in [-0.05, 0) is 36.5 Å². The molecule has 0 radical (unpaired) electrons. The molecular weight excluding hydrogens is 342 g/mol. The second-order valence-electron chi connectivity index (χ2n) is 5.93. The lowest BCUT2D eigenvalue weighted by Gasteiger charge is -2.14. The highest BCUT2D eigenvalue weighted by Gasteiger charge is 2.12. The van der Waals surface area contributed by atoms with Crippen LogP contribution in [0, 0.1) is 0 Å². The van der Waals surface area contributed by atoms with E-state index in [4.69, 9.17) is 0 Å². The summed E-state index contributed by atoms with van der Waals surface area (Å²) in [5.41, 5.74) is 2.16. The number of rotatable bonds is 5. The minimum atomic E-state index is -3.18. The molecule has 0 unspecified atom stereocenters. The molecule has 0 aliphatic carbocycles. The lowest BCUT2D eigenvalue weighted by atomic mass is 10.0. The van der Waals surface area contributed by atoms with E-state index in [0.29, 0.717) is 10.8 Å². The average Bonchev–Trinajstić information content (AvgIpc) is 2.67. The van der Waals surface area contributed by atoms with Crippen molar-refractivity contribution in [2.75, 3.05) is 6.26 Å². The van der Waals surface area contributed by atoms with Crippen LogP contribution in [0.5, 0.6) is 0 Å². The minimum Gasteiger partial charge on any atom is -0.302 e. The van der Waals surface area contributed by atoms with Gasteiger partial charge in [-0.3, -0.25) is 4.68 Å². The predicted octanol–water partition coefficient (Wildman–Crippen LogP) is 3.92. The summed E-state index contributed by atoms with van der Waals surface area (Å²) in [5.74, 6) is 0.493. The van der Waals surface area contributed by atoms with Crippen LogP contribution in [0.15, 0.2) is 35.4 Å². The van der Waals surface area contributed by atoms with E-state index >= 15 is 0 Å². The molecule has 0 aliphatic rings. The normalized spacial score (nSPS) is 11.8. The largest absolute Gasteiger partial charge is 0.302 e. The first-order valence-electron chi connectivity index (χ1n) is 8.01. The van der Waals surface area contributed by atoms with E-state index < -0.39 is 9.84 Å². The maximum Gasteiger partial charge on any atom is 0.175 e. The van der Waals surface area contributed by atoms with Gasteiger partial charge in [0.2, 0.25) is 0 Å². The van der Waals surface area contributed by atoms with Crippen molar-refractivity contribution in [3.8, 4) is 10.6 Å². The summed E-state index contributed by atoms with van der Waals surface area (Å²) < 4.78 is 27.2. The molecule has 0 bridgehead atoms. The number of benzene rings is 1. The van der Waals surface area contributed by atoms with Crippen molar-refractivity contribution >= 4 is 21.4 Å². The Kier molecular flexibility index (Phi) is 5.87. The van der Waals surface area contributed by atoms with Gasteiger partial charge in [-0.1, -0.05) is 26.0 Å². The van der Waals surface area contributed by atoms with Crippen LogP contribution in [0.4, 0.5) is 0 Å². The summed E-state index contributed by atoms with van der Waals surface area (Å²) >= 11 is 1.57. The fourth-order valence-corrected chi connectivity index (χ4v) is 4.27. The van der Waals surface area contributed by atoms with Crippen molar-refractivity contribution in [3.05, 3.63) is 36.2 Å². The van der Waals surface area contributed by atoms with Gasteiger partial charge in [0, 0.05) is 43.7 Å². The number of nitrogens with zero attached hydrogens (tertiary/aromatic N) is 3. The van der Waals surface area contributed by atoms with E-state index in [2.05, 4.69) is 29.1 Å². The second-order valence-corrected chi connectivity index (χ2v) is 9.06. The second kappa shape index (κ2) is 7.53. The summed E-state index contributed by atoms with van der Waals surface area (Å²) in [6.07, 6.45) is 5.45. The summed E-state index contributed by atoms with van der Waals surface area (Å²) in [5, 5.41) is 5.48. The molecule has 1 heterocycles. The minimum absolute atomic E-state index is 0.322. The highest BCUT2D eigenvalue weighted by atomic mass is 32.2. The molecule has 2 aromatic rings. The molecule has 0 aliphatic heterocycles. The summed E-state index contributed by atoms with van der Waals surface area (Å²) in [4.78, 5) is 0.322. The Labute approximate surface area is 148 Å². The van der Waals surface area contributed by atoms with Crippen LogP contribution < -0.4 is 0 Å². The first kappa shape index (κ1) is 18.7. The zero-order valence-corrected chi connectivity index (χ0v) is 16.5. The van der Waals surface area contributed by atoms with Crippen molar-refractivity contribution in [2.45, 2.75) is 37.5 Å². The van der Waals surface area contributed by atoms with Crippen LogP contribution in [-0.4, -0.2) is 28.4 Å². The van der Waals surface area contributed by atoms with Crippen molar-refractivity contribution in [3.63, 3.8) is 0 Å². The number of aromatic nitrogens is 3. The molecule has 0 saturated heterocycles. The Morgan fingerprint density at radius 3 is 2.21 bits per heavy atom. The van der Waals surface area contributed by atoms with Gasteiger partial charge in [0.15, 0.2) is 14.8 Å².